The van der Waals surface area contributed by atoms with Crippen LogP contribution in [0.25, 0.3) is 20.8 Å². The van der Waals surface area contributed by atoms with E-state index in [1.54, 1.807) is 11.3 Å². The van der Waals surface area contributed by atoms with E-state index in [-0.39, 0.29) is 49.1 Å². The van der Waals surface area contributed by atoms with Gasteiger partial charge in [-0.15, -0.1) is 35.9 Å². The Hall–Kier alpha value is -1.10. The van der Waals surface area contributed by atoms with Crippen LogP contribution in [0.5, 0.6) is 0 Å². The first kappa shape index (κ1) is 29.5. The molecule has 0 spiro atoms. The van der Waals surface area contributed by atoms with Gasteiger partial charge in [0.1, 0.15) is 0 Å². The Labute approximate surface area is 235 Å². The molecule has 2 fully saturated rings. The molecule has 0 aliphatic heterocycles. The second kappa shape index (κ2) is 12.6. The van der Waals surface area contributed by atoms with E-state index < -0.39 is 0 Å². The summed E-state index contributed by atoms with van der Waals surface area (Å²) < 4.78 is 1.23. The first-order valence-electron chi connectivity index (χ1n) is 13.6. The van der Waals surface area contributed by atoms with Crippen molar-refractivity contribution in [3.05, 3.63) is 54.6 Å². The first-order valence-corrected chi connectivity index (χ1v) is 14.4. The molecular formula is C31H42IrNO2S-. The van der Waals surface area contributed by atoms with Gasteiger partial charge in [0.2, 0.25) is 0 Å². The Morgan fingerprint density at radius 3 is 2.17 bits per heavy atom. The number of nitrogens with zero attached hydrogens (tertiary/aromatic N) is 1. The van der Waals surface area contributed by atoms with E-state index in [1.165, 1.54) is 17.5 Å². The number of aromatic nitrogens is 1. The minimum absolute atomic E-state index is 0. The van der Waals surface area contributed by atoms with Crippen LogP contribution in [-0.2, 0) is 20.1 Å². The molecule has 3 nitrogen and oxygen atoms in total. The molecule has 36 heavy (non-hydrogen) atoms. The van der Waals surface area contributed by atoms with Gasteiger partial charge in [-0.25, -0.2) is 0 Å². The van der Waals surface area contributed by atoms with E-state index >= 15 is 0 Å². The number of hydrogen-bond donors (Lipinski definition) is 2. The van der Waals surface area contributed by atoms with Crippen molar-refractivity contribution in [3.8, 4) is 10.6 Å². The van der Waals surface area contributed by atoms with Crippen molar-refractivity contribution in [2.24, 2.45) is 22.7 Å². The smallest absolute Gasteiger partial charge is 0.0697 e. The molecule has 4 atom stereocenters. The number of thiazole rings is 1. The quantitative estimate of drug-likeness (QED) is 0.269. The molecular weight excluding hydrogens is 643 g/mol. The predicted molar refractivity (Wildman–Crippen MR) is 147 cm³/mol. The van der Waals surface area contributed by atoms with E-state index in [0.29, 0.717) is 5.92 Å². The van der Waals surface area contributed by atoms with Crippen molar-refractivity contribution in [2.75, 3.05) is 0 Å². The zero-order valence-electron chi connectivity index (χ0n) is 22.2. The topological polar surface area (TPSA) is 53.4 Å². The van der Waals surface area contributed by atoms with Crippen LogP contribution in [0.3, 0.4) is 0 Å². The van der Waals surface area contributed by atoms with Crippen LogP contribution in [0.4, 0.5) is 0 Å². The van der Waals surface area contributed by atoms with Gasteiger partial charge < -0.3 is 10.2 Å². The van der Waals surface area contributed by atoms with Gasteiger partial charge in [0.25, 0.3) is 0 Å². The predicted octanol–water partition coefficient (Wildman–Crippen LogP) is 7.90. The van der Waals surface area contributed by atoms with Crippen molar-refractivity contribution in [1.82, 2.24) is 4.98 Å². The fourth-order valence-corrected chi connectivity index (χ4v) is 7.89. The van der Waals surface area contributed by atoms with Gasteiger partial charge in [0.05, 0.1) is 17.7 Å². The molecule has 4 unspecified atom stereocenters. The molecule has 199 valence electrons. The largest absolute Gasteiger partial charge is 0.392 e. The average Bonchev–Trinajstić information content (AvgIpc) is 3.42. The average molecular weight is 685 g/mol. The molecule has 1 radical (unpaired) electrons. The van der Waals surface area contributed by atoms with Crippen LogP contribution in [0.2, 0.25) is 0 Å². The molecule has 1 aromatic heterocycles. The van der Waals surface area contributed by atoms with Crippen molar-refractivity contribution < 1.29 is 30.3 Å². The maximum Gasteiger partial charge on any atom is 0.0697 e. The number of aliphatic hydroxyl groups excluding tert-OH is 2. The van der Waals surface area contributed by atoms with E-state index in [0.717, 1.165) is 54.6 Å². The Balaban J connectivity index is 0.000000202. The molecule has 2 N–H and O–H groups in total. The molecule has 0 bridgehead atoms. The summed E-state index contributed by atoms with van der Waals surface area (Å²) in [6.07, 6.45) is 8.17. The minimum atomic E-state index is -0.319. The molecule has 5 rings (SSSR count). The van der Waals surface area contributed by atoms with Crippen LogP contribution in [-0.4, -0.2) is 27.4 Å². The number of para-hydroxylation sites is 1. The van der Waals surface area contributed by atoms with Crippen LogP contribution < -0.4 is 0 Å². The van der Waals surface area contributed by atoms with E-state index in [9.17, 15) is 10.2 Å². The number of fused-ring (bicyclic) bond motifs is 2. The van der Waals surface area contributed by atoms with Crippen LogP contribution in [0, 0.1) is 28.7 Å². The second-order valence-corrected chi connectivity index (χ2v) is 11.8. The van der Waals surface area contributed by atoms with Crippen LogP contribution in [0.15, 0.2) is 48.5 Å². The molecule has 5 heteroatoms. The van der Waals surface area contributed by atoms with E-state index in [1.807, 2.05) is 42.5 Å². The molecule has 2 aromatic carbocycles. The maximum atomic E-state index is 11.1. The van der Waals surface area contributed by atoms with Gasteiger partial charge in [0.15, 0.2) is 0 Å². The summed E-state index contributed by atoms with van der Waals surface area (Å²) in [4.78, 5) is 4.57. The summed E-state index contributed by atoms with van der Waals surface area (Å²) in [7, 11) is 0. The third kappa shape index (κ3) is 5.52. The zero-order chi connectivity index (χ0) is 25.1. The molecule has 2 aliphatic carbocycles. The molecule has 0 saturated heterocycles. The van der Waals surface area contributed by atoms with Crippen molar-refractivity contribution >= 4 is 21.6 Å². The van der Waals surface area contributed by atoms with E-state index in [2.05, 4.69) is 44.8 Å². The summed E-state index contributed by atoms with van der Waals surface area (Å²) in [6, 6.07) is 19.3. The summed E-state index contributed by atoms with van der Waals surface area (Å²) in [5, 5.41) is 23.1. The first-order chi connectivity index (χ1) is 16.9. The fraction of sp³-hybridized carbons (Fsp3) is 0.581. The van der Waals surface area contributed by atoms with Gasteiger partial charge in [-0.05, 0) is 73.8 Å². The maximum absolute atomic E-state index is 11.1. The minimum Gasteiger partial charge on any atom is -0.392 e. The van der Waals surface area contributed by atoms with Crippen molar-refractivity contribution in [3.63, 3.8) is 0 Å². The van der Waals surface area contributed by atoms with Gasteiger partial charge >= 0.3 is 0 Å². The number of rotatable bonds is 5. The van der Waals surface area contributed by atoms with Crippen molar-refractivity contribution in [1.29, 1.82) is 0 Å². The third-order valence-corrected chi connectivity index (χ3v) is 10.6. The standard InChI is InChI=1S/C18H34O2.C13H8NS.Ir/c1-5-17(6-2)11-9-10-13-12-18(7-3,8-4)16(20)14(13)15(17)19;1-2-6-10(7-3-1)13-14-11-8-4-5-9-12(11)15-13;/h13-16,19-20H,5-12H2,1-4H3;1-6,8-9H;/q;-1;. The molecule has 1 heterocycles. The number of aliphatic hydroxyl groups is 2. The van der Waals surface area contributed by atoms with Gasteiger partial charge in [-0.3, -0.25) is 4.98 Å². The molecule has 0 amide bonds. The van der Waals surface area contributed by atoms with Crippen LogP contribution in [0.1, 0.15) is 79.1 Å². The second-order valence-electron chi connectivity index (χ2n) is 10.7. The summed E-state index contributed by atoms with van der Waals surface area (Å²) in [5.74, 6) is 0.636. The third-order valence-electron chi connectivity index (χ3n) is 9.50. The summed E-state index contributed by atoms with van der Waals surface area (Å²) in [6.45, 7) is 8.83. The molecule has 3 aromatic rings. The molecule has 2 aliphatic rings. The van der Waals surface area contributed by atoms with Gasteiger partial charge in [0, 0.05) is 35.7 Å². The van der Waals surface area contributed by atoms with Crippen LogP contribution >= 0.6 is 11.3 Å². The summed E-state index contributed by atoms with van der Waals surface area (Å²) >= 11 is 1.71. The normalized spacial score (nSPS) is 26.3. The fourth-order valence-electron chi connectivity index (χ4n) is 6.94. The number of benzene rings is 2. The summed E-state index contributed by atoms with van der Waals surface area (Å²) in [5.41, 5.74) is 2.23. The Bertz CT molecular complexity index is 1040. The SMILES string of the molecule is CCC1(CC)CCCC2CC(CC)(CC)C(O)C2C1O.[Ir].[c-]1ccccc1-c1nc2ccccc2s1. The Morgan fingerprint density at radius 2 is 1.56 bits per heavy atom. The Morgan fingerprint density at radius 1 is 0.917 bits per heavy atom. The monoisotopic (exact) mass is 685 g/mol. The number of hydrogen-bond acceptors (Lipinski definition) is 4. The molecule has 2 saturated carbocycles. The zero-order valence-corrected chi connectivity index (χ0v) is 25.4. The van der Waals surface area contributed by atoms with Crippen molar-refractivity contribution in [2.45, 2.75) is 91.3 Å². The Kier molecular flexibility index (Phi) is 10.3. The van der Waals surface area contributed by atoms with E-state index in [4.69, 9.17) is 0 Å². The van der Waals surface area contributed by atoms with Gasteiger partial charge in [-0.2, -0.15) is 11.3 Å². The van der Waals surface area contributed by atoms with Gasteiger partial charge in [-0.1, -0.05) is 46.2 Å².